The lowest BCUT2D eigenvalue weighted by molar-refractivity contribution is 0.147. The Kier molecular flexibility index (Phi) is 5.09. The molecule has 0 aliphatic rings. The first-order valence-electron chi connectivity index (χ1n) is 5.34. The minimum Gasteiger partial charge on any atom is -0.394 e. The average molecular weight is 278 g/mol. The van der Waals surface area contributed by atoms with E-state index in [0.717, 1.165) is 4.68 Å². The standard InChI is InChI=1S/C10H16ClN3O4/c1-10(5-16,6-17)13-7-4-12-14(2-3-15)9(18)8(7)11/h4,13,15-17H,2-3,5-6H2,1H3. The zero-order valence-electron chi connectivity index (χ0n) is 9.93. The molecule has 0 aromatic carbocycles. The summed E-state index contributed by atoms with van der Waals surface area (Å²) in [6, 6.07) is 0. The predicted molar refractivity (Wildman–Crippen MR) is 66.8 cm³/mol. The lowest BCUT2D eigenvalue weighted by Gasteiger charge is -2.27. The summed E-state index contributed by atoms with van der Waals surface area (Å²) in [7, 11) is 0. The number of aromatic nitrogens is 2. The Balaban J connectivity index is 3.06. The highest BCUT2D eigenvalue weighted by molar-refractivity contribution is 6.32. The van der Waals surface area contributed by atoms with Gasteiger partial charge in [0.25, 0.3) is 5.56 Å². The van der Waals surface area contributed by atoms with Crippen molar-refractivity contribution >= 4 is 17.3 Å². The summed E-state index contributed by atoms with van der Waals surface area (Å²) < 4.78 is 1.03. The van der Waals surface area contributed by atoms with Crippen LogP contribution in [0.1, 0.15) is 6.92 Å². The molecule has 0 saturated heterocycles. The third-order valence-corrected chi connectivity index (χ3v) is 2.80. The molecule has 4 N–H and O–H groups in total. The number of rotatable bonds is 6. The van der Waals surface area contributed by atoms with Gasteiger partial charge in [0.15, 0.2) is 0 Å². The first kappa shape index (κ1) is 14.9. The van der Waals surface area contributed by atoms with Crippen LogP contribution in [0.4, 0.5) is 5.69 Å². The lowest BCUT2D eigenvalue weighted by Crippen LogP contribution is -2.43. The second kappa shape index (κ2) is 6.14. The van der Waals surface area contributed by atoms with Crippen molar-refractivity contribution < 1.29 is 15.3 Å². The van der Waals surface area contributed by atoms with E-state index < -0.39 is 11.1 Å². The highest BCUT2D eigenvalue weighted by Crippen LogP contribution is 2.20. The molecule has 0 amide bonds. The minimum absolute atomic E-state index is 0.0517. The fourth-order valence-corrected chi connectivity index (χ4v) is 1.45. The van der Waals surface area contributed by atoms with Gasteiger partial charge in [0, 0.05) is 0 Å². The summed E-state index contributed by atoms with van der Waals surface area (Å²) >= 11 is 5.87. The molecule has 1 aromatic heterocycles. The SMILES string of the molecule is CC(CO)(CO)Nc1cnn(CCO)c(=O)c1Cl. The molecule has 18 heavy (non-hydrogen) atoms. The molecule has 7 nitrogen and oxygen atoms in total. The fraction of sp³-hybridized carbons (Fsp3) is 0.600. The molecule has 0 aliphatic carbocycles. The second-order valence-electron chi connectivity index (χ2n) is 4.13. The van der Waals surface area contributed by atoms with Gasteiger partial charge >= 0.3 is 0 Å². The summed E-state index contributed by atoms with van der Waals surface area (Å²) in [5.41, 5.74) is -1.32. The van der Waals surface area contributed by atoms with Crippen molar-refractivity contribution in [2.45, 2.75) is 19.0 Å². The van der Waals surface area contributed by atoms with E-state index in [2.05, 4.69) is 10.4 Å². The van der Waals surface area contributed by atoms with E-state index in [1.165, 1.54) is 6.20 Å². The predicted octanol–water partition coefficient (Wildman–Crippen LogP) is -0.956. The second-order valence-corrected chi connectivity index (χ2v) is 4.50. The number of nitrogens with one attached hydrogen (secondary N) is 1. The topological polar surface area (TPSA) is 108 Å². The van der Waals surface area contributed by atoms with Crippen molar-refractivity contribution in [1.82, 2.24) is 9.78 Å². The van der Waals surface area contributed by atoms with E-state index in [-0.39, 0.29) is 37.1 Å². The first-order chi connectivity index (χ1) is 8.47. The Morgan fingerprint density at radius 2 is 2.06 bits per heavy atom. The zero-order chi connectivity index (χ0) is 13.8. The van der Waals surface area contributed by atoms with Crippen molar-refractivity contribution in [1.29, 1.82) is 0 Å². The Morgan fingerprint density at radius 3 is 2.56 bits per heavy atom. The van der Waals surface area contributed by atoms with Gasteiger partial charge in [0.2, 0.25) is 0 Å². The van der Waals surface area contributed by atoms with Crippen LogP contribution in [0.15, 0.2) is 11.0 Å². The molecule has 0 saturated carbocycles. The van der Waals surface area contributed by atoms with Gasteiger partial charge in [-0.1, -0.05) is 11.6 Å². The molecule has 1 aromatic rings. The third-order valence-electron chi connectivity index (χ3n) is 2.43. The maximum atomic E-state index is 11.7. The summed E-state index contributed by atoms with van der Waals surface area (Å²) in [5.74, 6) is 0. The number of hydrogen-bond acceptors (Lipinski definition) is 6. The largest absolute Gasteiger partial charge is 0.394 e. The van der Waals surface area contributed by atoms with E-state index in [9.17, 15) is 4.79 Å². The van der Waals surface area contributed by atoms with Crippen molar-refractivity contribution in [2.75, 3.05) is 25.1 Å². The number of anilines is 1. The van der Waals surface area contributed by atoms with E-state index in [1.807, 2.05) is 0 Å². The summed E-state index contributed by atoms with van der Waals surface area (Å²) in [5, 5.41) is 33.5. The van der Waals surface area contributed by atoms with Crippen LogP contribution in [0.2, 0.25) is 5.02 Å². The molecule has 0 fully saturated rings. The highest BCUT2D eigenvalue weighted by atomic mass is 35.5. The van der Waals surface area contributed by atoms with Crippen LogP contribution in [0.25, 0.3) is 0 Å². The van der Waals surface area contributed by atoms with Crippen LogP contribution in [0.3, 0.4) is 0 Å². The molecule has 0 radical (unpaired) electrons. The van der Waals surface area contributed by atoms with Crippen molar-refractivity contribution in [3.63, 3.8) is 0 Å². The van der Waals surface area contributed by atoms with Crippen LogP contribution in [-0.2, 0) is 6.54 Å². The molecule has 0 unspecified atom stereocenters. The van der Waals surface area contributed by atoms with Crippen molar-refractivity contribution in [3.05, 3.63) is 21.6 Å². The van der Waals surface area contributed by atoms with E-state index in [0.29, 0.717) is 0 Å². The maximum Gasteiger partial charge on any atom is 0.287 e. The molecule has 102 valence electrons. The normalized spacial score (nSPS) is 11.6. The molecule has 1 heterocycles. The van der Waals surface area contributed by atoms with Crippen molar-refractivity contribution in [2.24, 2.45) is 0 Å². The molecule has 8 heteroatoms. The lowest BCUT2D eigenvalue weighted by atomic mass is 10.1. The van der Waals surface area contributed by atoms with Crippen molar-refractivity contribution in [3.8, 4) is 0 Å². The number of aliphatic hydroxyl groups excluding tert-OH is 3. The fourth-order valence-electron chi connectivity index (χ4n) is 1.26. The Labute approximate surface area is 109 Å². The average Bonchev–Trinajstić information content (AvgIpc) is 2.38. The van der Waals surface area contributed by atoms with Gasteiger partial charge in [0.1, 0.15) is 5.02 Å². The maximum absolute atomic E-state index is 11.7. The van der Waals surface area contributed by atoms with Gasteiger partial charge in [-0.25, -0.2) is 4.68 Å². The number of halogens is 1. The third kappa shape index (κ3) is 3.20. The smallest absolute Gasteiger partial charge is 0.287 e. The Bertz CT molecular complexity index is 459. The molecular formula is C10H16ClN3O4. The molecule has 0 atom stereocenters. The Hall–Kier alpha value is -1.15. The molecule has 0 spiro atoms. The van der Waals surface area contributed by atoms with Crippen LogP contribution >= 0.6 is 11.6 Å². The quantitative estimate of drug-likeness (QED) is 0.534. The van der Waals surface area contributed by atoms with Gasteiger partial charge in [-0.05, 0) is 6.92 Å². The van der Waals surface area contributed by atoms with Crippen LogP contribution in [-0.4, -0.2) is 50.5 Å². The van der Waals surface area contributed by atoms with Gasteiger partial charge in [-0.2, -0.15) is 5.10 Å². The summed E-state index contributed by atoms with van der Waals surface area (Å²) in [6.07, 6.45) is 1.31. The van der Waals surface area contributed by atoms with E-state index >= 15 is 0 Å². The zero-order valence-corrected chi connectivity index (χ0v) is 10.7. The first-order valence-corrected chi connectivity index (χ1v) is 5.71. The number of hydrogen-bond donors (Lipinski definition) is 4. The highest BCUT2D eigenvalue weighted by Gasteiger charge is 2.24. The summed E-state index contributed by atoms with van der Waals surface area (Å²) in [4.78, 5) is 11.7. The van der Waals surface area contributed by atoms with E-state index in [4.69, 9.17) is 26.9 Å². The van der Waals surface area contributed by atoms with Crippen LogP contribution in [0.5, 0.6) is 0 Å². The molecular weight excluding hydrogens is 262 g/mol. The number of nitrogens with zero attached hydrogens (tertiary/aromatic N) is 2. The Morgan fingerprint density at radius 1 is 1.44 bits per heavy atom. The summed E-state index contributed by atoms with van der Waals surface area (Å²) in [6.45, 7) is 0.735. The molecule has 0 bridgehead atoms. The van der Waals surface area contributed by atoms with Crippen LogP contribution in [0, 0.1) is 0 Å². The van der Waals surface area contributed by atoms with Gasteiger partial charge in [-0.3, -0.25) is 4.79 Å². The van der Waals surface area contributed by atoms with Gasteiger partial charge < -0.3 is 20.6 Å². The van der Waals surface area contributed by atoms with Gasteiger partial charge in [-0.15, -0.1) is 0 Å². The molecule has 0 aliphatic heterocycles. The van der Waals surface area contributed by atoms with Gasteiger partial charge in [0.05, 0.1) is 43.8 Å². The molecule has 1 rings (SSSR count). The van der Waals surface area contributed by atoms with E-state index in [1.54, 1.807) is 6.92 Å². The monoisotopic (exact) mass is 277 g/mol. The minimum atomic E-state index is -0.999. The number of aliphatic hydroxyl groups is 3. The van der Waals surface area contributed by atoms with Crippen LogP contribution < -0.4 is 10.9 Å².